The van der Waals surface area contributed by atoms with E-state index in [9.17, 15) is 14.8 Å². The van der Waals surface area contributed by atoms with E-state index in [1.54, 1.807) is 49.6 Å². The van der Waals surface area contributed by atoms with E-state index in [1.807, 2.05) is 0 Å². The van der Waals surface area contributed by atoms with Crippen molar-refractivity contribution in [3.05, 3.63) is 69.9 Å². The molecule has 4 rings (SSSR count). The number of aromatic nitrogens is 1. The van der Waals surface area contributed by atoms with Gasteiger partial charge in [-0.15, -0.1) is 11.3 Å². The Kier molecular flexibility index (Phi) is 6.96. The lowest BCUT2D eigenvalue weighted by atomic mass is 9.95. The van der Waals surface area contributed by atoms with Gasteiger partial charge in [-0.3, -0.25) is 9.59 Å². The third kappa shape index (κ3) is 5.05. The molecule has 0 fully saturated rings. The number of ether oxygens (including phenoxy) is 1. The molecular formula is C23H23N3O4S2. The normalized spacial score (nSPS) is 12.7. The predicted octanol–water partition coefficient (Wildman–Crippen LogP) is 4.25. The predicted molar refractivity (Wildman–Crippen MR) is 127 cm³/mol. The smallest absolute Gasteiger partial charge is 0.258 e. The Hall–Kier alpha value is -3.04. The van der Waals surface area contributed by atoms with Gasteiger partial charge < -0.3 is 20.6 Å². The molecule has 7 nitrogen and oxygen atoms in total. The zero-order valence-corrected chi connectivity index (χ0v) is 19.2. The van der Waals surface area contributed by atoms with Gasteiger partial charge in [0.15, 0.2) is 6.20 Å². The Morgan fingerprint density at radius 2 is 1.91 bits per heavy atom. The third-order valence-electron chi connectivity index (χ3n) is 5.14. The Morgan fingerprint density at radius 3 is 2.66 bits per heavy atom. The van der Waals surface area contributed by atoms with Crippen LogP contribution in [0, 0.1) is 5.21 Å². The van der Waals surface area contributed by atoms with Crippen molar-refractivity contribution in [3.8, 4) is 5.75 Å². The van der Waals surface area contributed by atoms with Crippen LogP contribution in [0.5, 0.6) is 5.75 Å². The number of benzene rings is 1. The number of nitrogens with one attached hydrogen (secondary N) is 2. The molecule has 0 atom stereocenters. The molecule has 0 saturated carbocycles. The number of hydrogen-bond acceptors (Lipinski definition) is 6. The molecule has 9 heteroatoms. The van der Waals surface area contributed by atoms with E-state index in [2.05, 4.69) is 10.6 Å². The molecule has 0 bridgehead atoms. The molecule has 2 N–H and O–H groups in total. The lowest BCUT2D eigenvalue weighted by Crippen LogP contribution is -2.28. The molecule has 166 valence electrons. The molecule has 0 unspecified atom stereocenters. The second-order valence-electron chi connectivity index (χ2n) is 7.30. The minimum Gasteiger partial charge on any atom is -0.618 e. The van der Waals surface area contributed by atoms with Crippen LogP contribution in [-0.4, -0.2) is 24.7 Å². The highest BCUT2D eigenvalue weighted by Gasteiger charge is 2.26. The molecule has 32 heavy (non-hydrogen) atoms. The Labute approximate surface area is 194 Å². The van der Waals surface area contributed by atoms with Crippen molar-refractivity contribution in [1.82, 2.24) is 0 Å². The van der Waals surface area contributed by atoms with Gasteiger partial charge in [0.05, 0.1) is 18.4 Å². The lowest BCUT2D eigenvalue weighted by Gasteiger charge is -2.13. The molecule has 0 saturated heterocycles. The van der Waals surface area contributed by atoms with Gasteiger partial charge in [0, 0.05) is 22.7 Å². The number of thioether (sulfide) groups is 1. The van der Waals surface area contributed by atoms with E-state index >= 15 is 0 Å². The maximum absolute atomic E-state index is 13.2. The van der Waals surface area contributed by atoms with Crippen LogP contribution in [0.15, 0.2) is 53.7 Å². The topological polar surface area (TPSA) is 94.4 Å². The minimum absolute atomic E-state index is 0.0777. The fourth-order valence-corrected chi connectivity index (χ4v) is 5.61. The number of hydrogen-bond donors (Lipinski definition) is 2. The molecule has 1 aliphatic rings. The number of pyridine rings is 1. The molecule has 2 aromatic heterocycles. The van der Waals surface area contributed by atoms with E-state index in [0.717, 1.165) is 52.6 Å². The van der Waals surface area contributed by atoms with Crippen LogP contribution in [0.25, 0.3) is 0 Å². The molecule has 2 amide bonds. The number of thiophene rings is 1. The van der Waals surface area contributed by atoms with Crippen molar-refractivity contribution >= 4 is 45.6 Å². The quantitative estimate of drug-likeness (QED) is 0.306. The zero-order valence-electron chi connectivity index (χ0n) is 17.6. The first-order valence-corrected chi connectivity index (χ1v) is 12.1. The van der Waals surface area contributed by atoms with Gasteiger partial charge in [-0.2, -0.15) is 4.73 Å². The van der Waals surface area contributed by atoms with Crippen molar-refractivity contribution in [2.24, 2.45) is 0 Å². The number of fused-ring (bicyclic) bond motifs is 1. The summed E-state index contributed by atoms with van der Waals surface area (Å²) in [7, 11) is 1.59. The molecule has 0 radical (unpaired) electrons. The van der Waals surface area contributed by atoms with Gasteiger partial charge in [-0.05, 0) is 73.3 Å². The summed E-state index contributed by atoms with van der Waals surface area (Å²) in [4.78, 5) is 27.0. The van der Waals surface area contributed by atoms with Crippen LogP contribution in [0.4, 0.5) is 10.7 Å². The molecule has 3 aromatic rings. The number of nitrogens with zero attached hydrogens (tertiary/aromatic N) is 1. The van der Waals surface area contributed by atoms with Gasteiger partial charge in [0.1, 0.15) is 10.8 Å². The molecule has 0 spiro atoms. The first-order chi connectivity index (χ1) is 15.5. The second kappa shape index (κ2) is 10.1. The highest BCUT2D eigenvalue weighted by Crippen LogP contribution is 2.38. The summed E-state index contributed by atoms with van der Waals surface area (Å²) >= 11 is 2.63. The van der Waals surface area contributed by atoms with Crippen LogP contribution in [0.1, 0.15) is 33.6 Å². The summed E-state index contributed by atoms with van der Waals surface area (Å²) in [5, 5.41) is 18.6. The van der Waals surface area contributed by atoms with Crippen molar-refractivity contribution in [2.45, 2.75) is 30.7 Å². The van der Waals surface area contributed by atoms with Gasteiger partial charge in [0.25, 0.3) is 10.9 Å². The fraction of sp³-hybridized carbons (Fsp3) is 0.261. The van der Waals surface area contributed by atoms with Crippen LogP contribution in [-0.2, 0) is 17.6 Å². The van der Waals surface area contributed by atoms with Crippen LogP contribution < -0.4 is 20.1 Å². The minimum atomic E-state index is -0.254. The maximum Gasteiger partial charge on any atom is 0.258 e. The highest BCUT2D eigenvalue weighted by molar-refractivity contribution is 7.99. The monoisotopic (exact) mass is 469 g/mol. The number of amides is 2. The molecule has 1 aliphatic carbocycles. The van der Waals surface area contributed by atoms with Gasteiger partial charge in [0.2, 0.25) is 5.91 Å². The average Bonchev–Trinajstić information content (AvgIpc) is 3.17. The number of aryl methyl sites for hydroxylation is 1. The van der Waals surface area contributed by atoms with E-state index in [0.29, 0.717) is 27.0 Å². The van der Waals surface area contributed by atoms with Gasteiger partial charge in [-0.1, -0.05) is 0 Å². The summed E-state index contributed by atoms with van der Waals surface area (Å²) in [6.45, 7) is 0. The number of methoxy groups -OCH3 is 1. The molecular weight excluding hydrogens is 446 g/mol. The number of rotatable bonds is 7. The van der Waals surface area contributed by atoms with Crippen molar-refractivity contribution < 1.29 is 19.1 Å². The van der Waals surface area contributed by atoms with E-state index < -0.39 is 0 Å². The van der Waals surface area contributed by atoms with E-state index in [4.69, 9.17) is 4.74 Å². The third-order valence-corrected chi connectivity index (χ3v) is 7.36. The molecule has 2 heterocycles. The summed E-state index contributed by atoms with van der Waals surface area (Å²) in [6.07, 6.45) is 5.23. The van der Waals surface area contributed by atoms with Crippen molar-refractivity contribution in [3.63, 3.8) is 0 Å². The van der Waals surface area contributed by atoms with Gasteiger partial charge >= 0.3 is 0 Å². The second-order valence-corrected chi connectivity index (χ2v) is 9.40. The standard InChI is InChI=1S/C23H23N3O4S2/c1-30-16-11-9-15(10-12-16)24-22(28)21-17-6-2-3-7-18(17)32-23(21)25-19(27)14-31-20-8-4-5-13-26(20)29/h4-5,8-13H,2-3,6-7,14H2,1H3,(H,24,28)(H,25,27). The zero-order chi connectivity index (χ0) is 22.5. The van der Waals surface area contributed by atoms with E-state index in [-0.39, 0.29) is 17.6 Å². The maximum atomic E-state index is 13.2. The van der Waals surface area contributed by atoms with Crippen LogP contribution >= 0.6 is 23.1 Å². The fourth-order valence-electron chi connectivity index (χ4n) is 3.59. The van der Waals surface area contributed by atoms with Gasteiger partial charge in [-0.25, -0.2) is 0 Å². The van der Waals surface area contributed by atoms with Crippen molar-refractivity contribution in [1.29, 1.82) is 0 Å². The number of anilines is 2. The number of carbonyl (C=O) groups excluding carboxylic acids is 2. The first-order valence-electron chi connectivity index (χ1n) is 10.3. The first kappa shape index (κ1) is 22.2. The molecule has 0 aliphatic heterocycles. The largest absolute Gasteiger partial charge is 0.618 e. The summed E-state index contributed by atoms with van der Waals surface area (Å²) in [5.74, 6) is 0.294. The van der Waals surface area contributed by atoms with Crippen LogP contribution in [0.3, 0.4) is 0 Å². The van der Waals surface area contributed by atoms with E-state index in [1.165, 1.54) is 17.5 Å². The highest BCUT2D eigenvalue weighted by atomic mass is 32.2. The average molecular weight is 470 g/mol. The Balaban J connectivity index is 1.51. The summed E-state index contributed by atoms with van der Waals surface area (Å²) in [5.41, 5.74) is 2.22. The van der Waals surface area contributed by atoms with Crippen molar-refractivity contribution in [2.75, 3.05) is 23.5 Å². The summed E-state index contributed by atoms with van der Waals surface area (Å²) < 4.78 is 5.90. The SMILES string of the molecule is COc1ccc(NC(=O)c2c(NC(=O)CSc3cccc[n+]3[O-])sc3c2CCCC3)cc1. The molecule has 1 aromatic carbocycles. The Morgan fingerprint density at radius 1 is 1.12 bits per heavy atom. The van der Waals surface area contributed by atoms with Crippen LogP contribution in [0.2, 0.25) is 0 Å². The lowest BCUT2D eigenvalue weighted by molar-refractivity contribution is -0.645. The summed E-state index contributed by atoms with van der Waals surface area (Å²) in [6, 6.07) is 12.2. The number of carbonyl (C=O) groups is 2. The Bertz CT molecular complexity index is 1130.